The molecule has 0 spiro atoms. The molecule has 0 bridgehead atoms. The molecule has 0 atom stereocenters. The summed E-state index contributed by atoms with van der Waals surface area (Å²) in [6.45, 7) is 0.474. The van der Waals surface area contributed by atoms with Crippen LogP contribution in [0.2, 0.25) is 0 Å². The number of methoxy groups -OCH3 is 1. The summed E-state index contributed by atoms with van der Waals surface area (Å²) in [5.74, 6) is 0.799. The molecule has 0 heterocycles. The second-order valence-corrected chi connectivity index (χ2v) is 3.55. The predicted molar refractivity (Wildman–Crippen MR) is 57.4 cm³/mol. The molecule has 0 unspecified atom stereocenters. The molecule has 0 fully saturated rings. The molecule has 3 nitrogen and oxygen atoms in total. The first kappa shape index (κ1) is 11.0. The zero-order valence-corrected chi connectivity index (χ0v) is 9.37. The molecule has 0 aliphatic carbocycles. The Morgan fingerprint density at radius 3 is 2.93 bits per heavy atom. The third-order valence-electron chi connectivity index (χ3n) is 1.79. The molecule has 0 amide bonds. The van der Waals surface area contributed by atoms with E-state index in [1.807, 2.05) is 18.2 Å². The maximum absolute atomic E-state index is 9.84. The molecule has 0 N–H and O–H groups in total. The van der Waals surface area contributed by atoms with Crippen molar-refractivity contribution >= 4 is 22.0 Å². The van der Waals surface area contributed by atoms with Crippen molar-refractivity contribution in [1.82, 2.24) is 0 Å². The Bertz CT molecular complexity index is 359. The third-order valence-corrected chi connectivity index (χ3v) is 2.41. The highest BCUT2D eigenvalue weighted by Crippen LogP contribution is 2.25. The highest BCUT2D eigenvalue weighted by atomic mass is 79.9. The van der Waals surface area contributed by atoms with E-state index in [2.05, 4.69) is 20.9 Å². The number of rotatable bonds is 4. The second-order valence-electron chi connectivity index (χ2n) is 2.69. The SMILES string of the molecule is COc1ccc(CCN=C=O)cc1Br. The number of isocyanates is 1. The van der Waals surface area contributed by atoms with Crippen LogP contribution in [-0.2, 0) is 11.2 Å². The van der Waals surface area contributed by atoms with Gasteiger partial charge in [0.05, 0.1) is 18.1 Å². The quantitative estimate of drug-likeness (QED) is 0.612. The zero-order chi connectivity index (χ0) is 10.4. The summed E-state index contributed by atoms with van der Waals surface area (Å²) < 4.78 is 6.00. The number of carbonyl (C=O) groups excluding carboxylic acids is 1. The Hall–Kier alpha value is -1.12. The lowest BCUT2D eigenvalue weighted by atomic mass is 10.1. The zero-order valence-electron chi connectivity index (χ0n) is 7.79. The van der Waals surface area contributed by atoms with Gasteiger partial charge in [-0.3, -0.25) is 0 Å². The van der Waals surface area contributed by atoms with Crippen LogP contribution < -0.4 is 4.74 Å². The number of hydrogen-bond donors (Lipinski definition) is 0. The average Bonchev–Trinajstić information content (AvgIpc) is 2.18. The van der Waals surface area contributed by atoms with E-state index >= 15 is 0 Å². The molecule has 0 aliphatic rings. The third kappa shape index (κ3) is 2.98. The fourth-order valence-electron chi connectivity index (χ4n) is 1.10. The monoisotopic (exact) mass is 255 g/mol. The van der Waals surface area contributed by atoms with E-state index in [0.717, 1.165) is 22.2 Å². The van der Waals surface area contributed by atoms with Crippen molar-refractivity contribution in [2.45, 2.75) is 6.42 Å². The summed E-state index contributed by atoms with van der Waals surface area (Å²) in [5.41, 5.74) is 1.11. The Labute approximate surface area is 90.9 Å². The van der Waals surface area contributed by atoms with Crippen molar-refractivity contribution in [3.63, 3.8) is 0 Å². The van der Waals surface area contributed by atoms with E-state index in [9.17, 15) is 4.79 Å². The van der Waals surface area contributed by atoms with Crippen LogP contribution in [-0.4, -0.2) is 19.7 Å². The molecule has 0 saturated heterocycles. The minimum Gasteiger partial charge on any atom is -0.496 e. The van der Waals surface area contributed by atoms with Gasteiger partial charge in [-0.15, -0.1) is 0 Å². The summed E-state index contributed by atoms with van der Waals surface area (Å²) >= 11 is 3.38. The van der Waals surface area contributed by atoms with E-state index in [-0.39, 0.29) is 0 Å². The molecule has 1 aromatic rings. The van der Waals surface area contributed by atoms with Gasteiger partial charge < -0.3 is 4.74 Å². The molecule has 0 radical (unpaired) electrons. The summed E-state index contributed by atoms with van der Waals surface area (Å²) in [4.78, 5) is 13.3. The van der Waals surface area contributed by atoms with Gasteiger partial charge in [-0.05, 0) is 40.0 Å². The van der Waals surface area contributed by atoms with Gasteiger partial charge in [-0.1, -0.05) is 6.07 Å². The maximum Gasteiger partial charge on any atom is 0.234 e. The number of nitrogens with zero attached hydrogens (tertiary/aromatic N) is 1. The molecular formula is C10H10BrNO2. The first-order valence-corrected chi connectivity index (χ1v) is 4.93. The summed E-state index contributed by atoms with van der Waals surface area (Å²) in [7, 11) is 1.62. The molecule has 14 heavy (non-hydrogen) atoms. The van der Waals surface area contributed by atoms with Crippen LogP contribution in [0.3, 0.4) is 0 Å². The number of aliphatic imine (C=N–C) groups is 1. The fourth-order valence-corrected chi connectivity index (χ4v) is 1.68. The first-order chi connectivity index (χ1) is 6.77. The molecule has 0 aromatic heterocycles. The Morgan fingerprint density at radius 1 is 1.57 bits per heavy atom. The van der Waals surface area contributed by atoms with Crippen LogP contribution in [0.4, 0.5) is 0 Å². The minimum atomic E-state index is 0.474. The van der Waals surface area contributed by atoms with E-state index < -0.39 is 0 Å². The van der Waals surface area contributed by atoms with Gasteiger partial charge in [-0.2, -0.15) is 0 Å². The lowest BCUT2D eigenvalue weighted by Crippen LogP contribution is -1.91. The summed E-state index contributed by atoms with van der Waals surface area (Å²) in [6.07, 6.45) is 2.25. The highest BCUT2D eigenvalue weighted by Gasteiger charge is 2.00. The van der Waals surface area contributed by atoms with Gasteiger partial charge in [0.25, 0.3) is 0 Å². The van der Waals surface area contributed by atoms with Crippen LogP contribution in [0.15, 0.2) is 27.7 Å². The van der Waals surface area contributed by atoms with Crippen molar-refractivity contribution in [2.75, 3.05) is 13.7 Å². The molecule has 1 aromatic carbocycles. The topological polar surface area (TPSA) is 38.7 Å². The summed E-state index contributed by atoms with van der Waals surface area (Å²) in [5, 5.41) is 0. The van der Waals surface area contributed by atoms with E-state index in [1.165, 1.54) is 6.08 Å². The average molecular weight is 256 g/mol. The predicted octanol–water partition coefficient (Wildman–Crippen LogP) is 2.34. The van der Waals surface area contributed by atoms with Gasteiger partial charge in [0.15, 0.2) is 0 Å². The maximum atomic E-state index is 9.84. The number of ether oxygens (including phenoxy) is 1. The van der Waals surface area contributed by atoms with Crippen molar-refractivity contribution in [1.29, 1.82) is 0 Å². The molecule has 0 saturated carbocycles. The van der Waals surface area contributed by atoms with E-state index in [4.69, 9.17) is 4.74 Å². The lowest BCUT2D eigenvalue weighted by Gasteiger charge is -2.04. The molecule has 0 aliphatic heterocycles. The van der Waals surface area contributed by atoms with Gasteiger partial charge in [0.2, 0.25) is 6.08 Å². The van der Waals surface area contributed by atoms with Gasteiger partial charge in [0, 0.05) is 0 Å². The van der Waals surface area contributed by atoms with Crippen molar-refractivity contribution in [3.8, 4) is 5.75 Å². The largest absolute Gasteiger partial charge is 0.496 e. The van der Waals surface area contributed by atoms with Crippen LogP contribution in [0, 0.1) is 0 Å². The number of benzene rings is 1. The van der Waals surface area contributed by atoms with Gasteiger partial charge >= 0.3 is 0 Å². The Kier molecular flexibility index (Phi) is 4.36. The van der Waals surface area contributed by atoms with E-state index in [0.29, 0.717) is 6.54 Å². The van der Waals surface area contributed by atoms with E-state index in [1.54, 1.807) is 7.11 Å². The molecular weight excluding hydrogens is 246 g/mol. The Morgan fingerprint density at radius 2 is 2.36 bits per heavy atom. The number of halogens is 1. The first-order valence-electron chi connectivity index (χ1n) is 4.14. The van der Waals surface area contributed by atoms with Crippen molar-refractivity contribution in [2.24, 2.45) is 4.99 Å². The Balaban J connectivity index is 2.70. The van der Waals surface area contributed by atoms with Crippen molar-refractivity contribution < 1.29 is 9.53 Å². The van der Waals surface area contributed by atoms with Crippen molar-refractivity contribution in [3.05, 3.63) is 28.2 Å². The van der Waals surface area contributed by atoms with Crippen LogP contribution in [0.25, 0.3) is 0 Å². The second kappa shape index (κ2) is 5.58. The molecule has 74 valence electrons. The molecule has 1 rings (SSSR count). The normalized spacial score (nSPS) is 9.29. The molecule has 4 heteroatoms. The fraction of sp³-hybridized carbons (Fsp3) is 0.300. The van der Waals surface area contributed by atoms with Crippen LogP contribution in [0.1, 0.15) is 5.56 Å². The van der Waals surface area contributed by atoms with Gasteiger partial charge in [-0.25, -0.2) is 9.79 Å². The summed E-state index contributed by atoms with van der Waals surface area (Å²) in [6, 6.07) is 5.78. The smallest absolute Gasteiger partial charge is 0.234 e. The van der Waals surface area contributed by atoms with Gasteiger partial charge in [0.1, 0.15) is 5.75 Å². The number of hydrogen-bond acceptors (Lipinski definition) is 3. The van der Waals surface area contributed by atoms with Crippen LogP contribution >= 0.6 is 15.9 Å². The highest BCUT2D eigenvalue weighted by molar-refractivity contribution is 9.10. The minimum absolute atomic E-state index is 0.474. The lowest BCUT2D eigenvalue weighted by molar-refractivity contribution is 0.412. The standard InChI is InChI=1S/C10H10BrNO2/c1-14-10-3-2-8(6-9(10)11)4-5-12-7-13/h2-3,6H,4-5H2,1H3. The van der Waals surface area contributed by atoms with Crippen LogP contribution in [0.5, 0.6) is 5.75 Å².